The van der Waals surface area contributed by atoms with E-state index in [0.717, 1.165) is 62.3 Å². The van der Waals surface area contributed by atoms with Crippen LogP contribution in [0.3, 0.4) is 0 Å². The Morgan fingerprint density at radius 2 is 1.90 bits per heavy atom. The van der Waals surface area contributed by atoms with E-state index in [1.807, 2.05) is 24.3 Å². The van der Waals surface area contributed by atoms with Crippen molar-refractivity contribution in [1.29, 1.82) is 0 Å². The largest absolute Gasteiger partial charge is 0.496 e. The quantitative estimate of drug-likeness (QED) is 0.356. The Morgan fingerprint density at radius 1 is 1.13 bits per heavy atom. The maximum Gasteiger partial charge on any atom is 0.193 e. The van der Waals surface area contributed by atoms with Crippen molar-refractivity contribution in [2.45, 2.75) is 58.2 Å². The molecular formula is C24H39N3O3. The Bertz CT molecular complexity index is 638. The van der Waals surface area contributed by atoms with Crippen molar-refractivity contribution in [3.63, 3.8) is 0 Å². The van der Waals surface area contributed by atoms with E-state index in [9.17, 15) is 0 Å². The number of likely N-dealkylation sites (tertiary alicyclic amines) is 1. The fraction of sp³-hybridized carbons (Fsp3) is 0.708. The van der Waals surface area contributed by atoms with E-state index in [1.165, 1.54) is 25.7 Å². The van der Waals surface area contributed by atoms with Crippen LogP contribution in [0.5, 0.6) is 5.75 Å². The highest BCUT2D eigenvalue weighted by Gasteiger charge is 2.23. The third kappa shape index (κ3) is 7.17. The van der Waals surface area contributed by atoms with Crippen molar-refractivity contribution in [2.75, 3.05) is 46.5 Å². The summed E-state index contributed by atoms with van der Waals surface area (Å²) in [7, 11) is 1.69. The first-order valence-corrected chi connectivity index (χ1v) is 11.6. The highest BCUT2D eigenvalue weighted by Crippen LogP contribution is 2.26. The summed E-state index contributed by atoms with van der Waals surface area (Å²) in [5.41, 5.74) is 1.07. The number of hydrogen-bond donors (Lipinski definition) is 1. The Labute approximate surface area is 182 Å². The smallest absolute Gasteiger partial charge is 0.193 e. The topological polar surface area (TPSA) is 55.3 Å². The minimum atomic E-state index is 0.411. The van der Waals surface area contributed by atoms with Crippen LogP contribution in [0.25, 0.3) is 0 Å². The van der Waals surface area contributed by atoms with Crippen molar-refractivity contribution in [1.82, 2.24) is 10.2 Å². The lowest BCUT2D eigenvalue weighted by molar-refractivity contribution is 0.000989. The predicted molar refractivity (Wildman–Crippen MR) is 121 cm³/mol. The molecule has 0 bridgehead atoms. The molecule has 0 spiro atoms. The first-order valence-electron chi connectivity index (χ1n) is 11.6. The van der Waals surface area contributed by atoms with Gasteiger partial charge in [-0.1, -0.05) is 31.0 Å². The number of hydrogen-bond acceptors (Lipinski definition) is 4. The van der Waals surface area contributed by atoms with Gasteiger partial charge in [-0.25, -0.2) is 0 Å². The van der Waals surface area contributed by atoms with Gasteiger partial charge in [-0.05, 0) is 44.6 Å². The average molecular weight is 418 g/mol. The molecule has 1 heterocycles. The van der Waals surface area contributed by atoms with Crippen LogP contribution in [0.15, 0.2) is 29.3 Å². The molecular weight excluding hydrogens is 378 g/mol. The van der Waals surface area contributed by atoms with Gasteiger partial charge in [0.25, 0.3) is 0 Å². The SMILES string of the molecule is CCNC(=NCCOCc1ccccc1OC)N1CCC(OCC2CCCC2)CC1. The van der Waals surface area contributed by atoms with Gasteiger partial charge < -0.3 is 24.4 Å². The molecule has 6 heteroatoms. The van der Waals surface area contributed by atoms with Gasteiger partial charge in [0.1, 0.15) is 5.75 Å². The lowest BCUT2D eigenvalue weighted by atomic mass is 10.1. The monoisotopic (exact) mass is 417 g/mol. The van der Waals surface area contributed by atoms with Gasteiger partial charge in [0.05, 0.1) is 33.0 Å². The van der Waals surface area contributed by atoms with Crippen molar-refractivity contribution >= 4 is 5.96 Å². The van der Waals surface area contributed by atoms with Crippen LogP contribution in [0, 0.1) is 5.92 Å². The van der Waals surface area contributed by atoms with E-state index < -0.39 is 0 Å². The fourth-order valence-corrected chi connectivity index (χ4v) is 4.33. The summed E-state index contributed by atoms with van der Waals surface area (Å²) in [6.07, 6.45) is 8.07. The molecule has 1 aliphatic carbocycles. The van der Waals surface area contributed by atoms with Gasteiger partial charge in [0, 0.05) is 31.8 Å². The van der Waals surface area contributed by atoms with E-state index in [-0.39, 0.29) is 0 Å². The van der Waals surface area contributed by atoms with Crippen LogP contribution in [0.1, 0.15) is 51.0 Å². The summed E-state index contributed by atoms with van der Waals surface area (Å²) in [6, 6.07) is 7.97. The Morgan fingerprint density at radius 3 is 2.63 bits per heavy atom. The zero-order valence-corrected chi connectivity index (χ0v) is 18.8. The van der Waals surface area contributed by atoms with Gasteiger partial charge in [0.2, 0.25) is 0 Å². The van der Waals surface area contributed by atoms with Crippen molar-refractivity contribution < 1.29 is 14.2 Å². The zero-order chi connectivity index (χ0) is 21.0. The van der Waals surface area contributed by atoms with E-state index in [1.54, 1.807) is 7.11 Å². The highest BCUT2D eigenvalue weighted by molar-refractivity contribution is 5.80. The van der Waals surface area contributed by atoms with E-state index >= 15 is 0 Å². The summed E-state index contributed by atoms with van der Waals surface area (Å²) in [4.78, 5) is 7.14. The first kappa shape index (κ1) is 22.9. The molecule has 3 rings (SSSR count). The number of nitrogens with zero attached hydrogens (tertiary/aromatic N) is 2. The van der Waals surface area contributed by atoms with Crippen LogP contribution in [0.2, 0.25) is 0 Å². The van der Waals surface area contributed by atoms with E-state index in [4.69, 9.17) is 19.2 Å². The first-order chi connectivity index (χ1) is 14.8. The van der Waals surface area contributed by atoms with Crippen LogP contribution in [0.4, 0.5) is 0 Å². The van der Waals surface area contributed by atoms with Gasteiger partial charge in [-0.2, -0.15) is 0 Å². The number of benzene rings is 1. The number of para-hydroxylation sites is 1. The molecule has 0 atom stereocenters. The molecule has 1 aromatic rings. The standard InChI is InChI=1S/C24H39N3O3/c1-3-25-24(26-14-17-29-19-21-10-6-7-11-23(21)28-2)27-15-12-22(13-16-27)30-18-20-8-4-5-9-20/h6-7,10-11,20,22H,3-5,8-9,12-19H2,1-2H3,(H,25,26). The number of nitrogens with one attached hydrogen (secondary N) is 1. The molecule has 1 aliphatic heterocycles. The van der Waals surface area contributed by atoms with Crippen LogP contribution < -0.4 is 10.1 Å². The number of ether oxygens (including phenoxy) is 3. The molecule has 0 aromatic heterocycles. The van der Waals surface area contributed by atoms with Gasteiger partial charge in [0.15, 0.2) is 5.96 Å². The number of aliphatic imine (C=N–C) groups is 1. The highest BCUT2D eigenvalue weighted by atomic mass is 16.5. The second-order valence-corrected chi connectivity index (χ2v) is 8.27. The molecule has 0 radical (unpaired) electrons. The van der Waals surface area contributed by atoms with E-state index in [2.05, 4.69) is 17.1 Å². The number of guanidine groups is 1. The summed E-state index contributed by atoms with van der Waals surface area (Å²) in [5, 5.41) is 3.43. The van der Waals surface area contributed by atoms with Crippen molar-refractivity contribution in [3.8, 4) is 5.75 Å². The molecule has 1 N–H and O–H groups in total. The molecule has 30 heavy (non-hydrogen) atoms. The second kappa shape index (κ2) is 12.8. The van der Waals surface area contributed by atoms with Crippen LogP contribution >= 0.6 is 0 Å². The third-order valence-corrected chi connectivity index (χ3v) is 6.07. The molecule has 1 saturated heterocycles. The number of methoxy groups -OCH3 is 1. The fourth-order valence-electron chi connectivity index (χ4n) is 4.33. The second-order valence-electron chi connectivity index (χ2n) is 8.27. The van der Waals surface area contributed by atoms with E-state index in [0.29, 0.717) is 25.9 Å². The molecule has 2 aliphatic rings. The molecule has 168 valence electrons. The molecule has 0 unspecified atom stereocenters. The molecule has 1 saturated carbocycles. The third-order valence-electron chi connectivity index (χ3n) is 6.07. The summed E-state index contributed by atoms with van der Waals surface area (Å²) in [5.74, 6) is 2.66. The Hall–Kier alpha value is -1.79. The Balaban J connectivity index is 1.37. The molecule has 0 amide bonds. The van der Waals surface area contributed by atoms with Crippen LogP contribution in [-0.2, 0) is 16.1 Å². The van der Waals surface area contributed by atoms with Crippen molar-refractivity contribution in [3.05, 3.63) is 29.8 Å². The summed E-state index contributed by atoms with van der Waals surface area (Å²) >= 11 is 0. The van der Waals surface area contributed by atoms with Gasteiger partial charge in [-0.15, -0.1) is 0 Å². The predicted octanol–water partition coefficient (Wildman–Crippen LogP) is 3.85. The molecule has 6 nitrogen and oxygen atoms in total. The Kier molecular flexibility index (Phi) is 9.77. The minimum Gasteiger partial charge on any atom is -0.496 e. The minimum absolute atomic E-state index is 0.411. The normalized spacial score (nSPS) is 18.7. The lowest BCUT2D eigenvalue weighted by Crippen LogP contribution is -2.47. The van der Waals surface area contributed by atoms with Crippen LogP contribution in [-0.4, -0.2) is 63.5 Å². The maximum atomic E-state index is 6.21. The molecule has 2 fully saturated rings. The van der Waals surface area contributed by atoms with Crippen molar-refractivity contribution in [2.24, 2.45) is 10.9 Å². The number of piperidine rings is 1. The summed E-state index contributed by atoms with van der Waals surface area (Å²) in [6.45, 7) is 7.74. The van der Waals surface area contributed by atoms with Gasteiger partial charge in [-0.3, -0.25) is 4.99 Å². The number of rotatable bonds is 10. The average Bonchev–Trinajstić information content (AvgIpc) is 3.31. The van der Waals surface area contributed by atoms with Gasteiger partial charge >= 0.3 is 0 Å². The summed E-state index contributed by atoms with van der Waals surface area (Å²) < 4.78 is 17.4. The zero-order valence-electron chi connectivity index (χ0n) is 18.8. The maximum absolute atomic E-state index is 6.21. The molecule has 1 aromatic carbocycles. The lowest BCUT2D eigenvalue weighted by Gasteiger charge is -2.34.